The largest absolute Gasteiger partial charge is 0.343 e. The molecule has 1 fully saturated rings. The third-order valence-corrected chi connectivity index (χ3v) is 7.77. The number of anilines is 1. The fourth-order valence-electron chi connectivity index (χ4n) is 3.32. The Hall–Kier alpha value is -2.33. The fraction of sp³-hybridized carbons (Fsp3) is 0.389. The lowest BCUT2D eigenvalue weighted by Gasteiger charge is -2.15. The topological polar surface area (TPSA) is 113 Å². The monoisotopic (exact) mass is 511 g/mol. The number of hydrogen-bond donors (Lipinski definition) is 3. The molecule has 1 aliphatic rings. The van der Waals surface area contributed by atoms with E-state index in [2.05, 4.69) is 14.8 Å². The third-order valence-electron chi connectivity index (χ3n) is 5.01. The first-order valence-electron chi connectivity index (χ1n) is 9.55. The van der Waals surface area contributed by atoms with E-state index in [0.29, 0.717) is 6.42 Å². The van der Waals surface area contributed by atoms with Crippen molar-refractivity contribution in [2.24, 2.45) is 7.05 Å². The van der Waals surface area contributed by atoms with Gasteiger partial charge in [0.15, 0.2) is 5.82 Å². The van der Waals surface area contributed by atoms with Gasteiger partial charge in [-0.15, -0.1) is 0 Å². The number of nitrogens with zero attached hydrogens (tertiary/aromatic N) is 2. The van der Waals surface area contributed by atoms with E-state index in [1.54, 1.807) is 0 Å². The molecule has 0 bridgehead atoms. The molecule has 3 N–H and O–H groups in total. The molecule has 0 aliphatic carbocycles. The van der Waals surface area contributed by atoms with Gasteiger partial charge in [0, 0.05) is 45.1 Å². The summed E-state index contributed by atoms with van der Waals surface area (Å²) >= 11 is 0. The van der Waals surface area contributed by atoms with Crippen LogP contribution in [0.2, 0.25) is 0 Å². The number of nitrogens with one attached hydrogen (secondary N) is 3. The summed E-state index contributed by atoms with van der Waals surface area (Å²) in [5.41, 5.74) is -1.61. The molecular weight excluding hydrogens is 490 g/mol. The lowest BCUT2D eigenvalue weighted by molar-refractivity contribution is 0.101. The minimum atomic E-state index is -3.65. The second-order valence-corrected chi connectivity index (χ2v) is 10.3. The van der Waals surface area contributed by atoms with Crippen molar-refractivity contribution in [3.8, 4) is 0 Å². The molecule has 0 saturated carbocycles. The summed E-state index contributed by atoms with van der Waals surface area (Å²) in [5.74, 6) is -3.27. The minimum Gasteiger partial charge on any atom is -0.343 e. The van der Waals surface area contributed by atoms with Crippen LogP contribution in [-0.2, 0) is 28.2 Å². The first-order chi connectivity index (χ1) is 15.4. The van der Waals surface area contributed by atoms with Crippen LogP contribution in [0.3, 0.4) is 0 Å². The van der Waals surface area contributed by atoms with E-state index in [1.165, 1.54) is 14.1 Å². The number of carbonyl (C=O) groups is 1. The lowest BCUT2D eigenvalue weighted by Crippen LogP contribution is -2.40. The number of halogens is 4. The Morgan fingerprint density at radius 3 is 2.61 bits per heavy atom. The van der Waals surface area contributed by atoms with Crippen LogP contribution in [-0.4, -0.2) is 53.6 Å². The summed E-state index contributed by atoms with van der Waals surface area (Å²) in [6.07, 6.45) is -1.64. The highest BCUT2D eigenvalue weighted by atomic mass is 32.2. The van der Waals surface area contributed by atoms with Crippen molar-refractivity contribution < 1.29 is 35.0 Å². The third kappa shape index (κ3) is 5.43. The van der Waals surface area contributed by atoms with Crippen molar-refractivity contribution in [1.29, 1.82) is 0 Å². The zero-order valence-electron chi connectivity index (χ0n) is 17.4. The van der Waals surface area contributed by atoms with Crippen molar-refractivity contribution >= 4 is 32.8 Å². The van der Waals surface area contributed by atoms with E-state index < -0.39 is 62.5 Å². The maximum atomic E-state index is 15.0. The van der Waals surface area contributed by atoms with Gasteiger partial charge in [0.2, 0.25) is 0 Å². The SMILES string of the molecule is CNS(=O)(=O)N1CCC(NS(=O)c2cn(C)c(C(=O)Nc3ccc(F)c(C(F)F)c3)c2F)C1. The highest BCUT2D eigenvalue weighted by Crippen LogP contribution is 2.26. The Kier molecular flexibility index (Phi) is 7.58. The van der Waals surface area contributed by atoms with Crippen LogP contribution in [0.1, 0.15) is 28.9 Å². The van der Waals surface area contributed by atoms with Crippen molar-refractivity contribution in [3.63, 3.8) is 0 Å². The van der Waals surface area contributed by atoms with Gasteiger partial charge in [0.05, 0.1) is 5.56 Å². The first kappa shape index (κ1) is 25.3. The summed E-state index contributed by atoms with van der Waals surface area (Å²) in [6.45, 7) is 0.203. The second kappa shape index (κ2) is 9.89. The van der Waals surface area contributed by atoms with Crippen molar-refractivity contribution in [2.75, 3.05) is 25.5 Å². The van der Waals surface area contributed by atoms with E-state index in [0.717, 1.165) is 33.3 Å². The van der Waals surface area contributed by atoms with Crippen LogP contribution >= 0.6 is 0 Å². The van der Waals surface area contributed by atoms with E-state index in [9.17, 15) is 35.0 Å². The van der Waals surface area contributed by atoms with E-state index in [4.69, 9.17) is 0 Å². The Morgan fingerprint density at radius 1 is 1.27 bits per heavy atom. The summed E-state index contributed by atoms with van der Waals surface area (Å²) in [4.78, 5) is 12.2. The number of aromatic nitrogens is 1. The fourth-order valence-corrected chi connectivity index (χ4v) is 5.44. The van der Waals surface area contributed by atoms with E-state index in [1.807, 2.05) is 0 Å². The molecule has 1 amide bonds. The molecule has 2 unspecified atom stereocenters. The number of benzene rings is 1. The quantitative estimate of drug-likeness (QED) is 0.468. The molecule has 3 rings (SSSR count). The summed E-state index contributed by atoms with van der Waals surface area (Å²) in [5, 5.41) is 2.22. The van der Waals surface area contributed by atoms with Gasteiger partial charge in [-0.2, -0.15) is 12.7 Å². The highest BCUT2D eigenvalue weighted by Gasteiger charge is 2.32. The molecule has 0 radical (unpaired) electrons. The van der Waals surface area contributed by atoms with Crippen LogP contribution in [0, 0.1) is 11.6 Å². The molecule has 2 atom stereocenters. The normalized spacial score (nSPS) is 18.1. The molecule has 15 heteroatoms. The number of amides is 1. The molecule has 1 aromatic carbocycles. The van der Waals surface area contributed by atoms with Crippen molar-refractivity contribution in [1.82, 2.24) is 18.3 Å². The smallest absolute Gasteiger partial charge is 0.279 e. The average molecular weight is 512 g/mol. The van der Waals surface area contributed by atoms with Gasteiger partial charge in [-0.05, 0) is 24.6 Å². The number of aryl methyl sites for hydroxylation is 1. The molecule has 2 aromatic rings. The molecular formula is C18H21F4N5O4S2. The van der Waals surface area contributed by atoms with Crippen LogP contribution in [0.5, 0.6) is 0 Å². The first-order valence-corrected chi connectivity index (χ1v) is 12.1. The van der Waals surface area contributed by atoms with E-state index in [-0.39, 0.29) is 23.7 Å². The van der Waals surface area contributed by atoms with Crippen LogP contribution in [0.25, 0.3) is 0 Å². The number of carbonyl (C=O) groups excluding carboxylic acids is 1. The van der Waals surface area contributed by atoms with Gasteiger partial charge >= 0.3 is 0 Å². The minimum absolute atomic E-state index is 0.0216. The van der Waals surface area contributed by atoms with Crippen LogP contribution in [0.15, 0.2) is 29.3 Å². The van der Waals surface area contributed by atoms with Gasteiger partial charge < -0.3 is 9.88 Å². The van der Waals surface area contributed by atoms with Gasteiger partial charge in [-0.25, -0.2) is 31.2 Å². The second-order valence-electron chi connectivity index (χ2n) is 7.20. The predicted octanol–water partition coefficient (Wildman–Crippen LogP) is 1.64. The summed E-state index contributed by atoms with van der Waals surface area (Å²) in [7, 11) is -3.17. The number of hydrogen-bond acceptors (Lipinski definition) is 4. The molecule has 33 heavy (non-hydrogen) atoms. The molecule has 182 valence electrons. The summed E-state index contributed by atoms with van der Waals surface area (Å²) in [6, 6.07) is 2.02. The molecule has 0 spiro atoms. The molecule has 2 heterocycles. The highest BCUT2D eigenvalue weighted by molar-refractivity contribution is 7.87. The molecule has 1 aromatic heterocycles. The van der Waals surface area contributed by atoms with Gasteiger partial charge in [-0.3, -0.25) is 4.79 Å². The Labute approximate surface area is 189 Å². The van der Waals surface area contributed by atoms with Crippen molar-refractivity contribution in [2.45, 2.75) is 23.8 Å². The standard InChI is InChI=1S/C18H21F4N5O4S2/c1-23-33(30,31)27-6-5-11(8-27)25-32(29)14-9-26(2)16(15(14)20)18(28)24-10-3-4-13(19)12(7-10)17(21)22/h3-4,7,9,11,17,23,25H,5-6,8H2,1-2H3,(H,24,28). The predicted molar refractivity (Wildman–Crippen MR) is 112 cm³/mol. The van der Waals surface area contributed by atoms with Crippen LogP contribution < -0.4 is 14.8 Å². The zero-order valence-corrected chi connectivity index (χ0v) is 19.1. The van der Waals surface area contributed by atoms with Gasteiger partial charge in [0.25, 0.3) is 22.5 Å². The van der Waals surface area contributed by atoms with E-state index >= 15 is 0 Å². The number of rotatable bonds is 8. The lowest BCUT2D eigenvalue weighted by atomic mass is 10.2. The van der Waals surface area contributed by atoms with Crippen LogP contribution in [0.4, 0.5) is 23.2 Å². The molecule has 9 nitrogen and oxygen atoms in total. The number of alkyl halides is 2. The zero-order chi connectivity index (χ0) is 24.5. The Bertz CT molecular complexity index is 1190. The maximum Gasteiger partial charge on any atom is 0.279 e. The molecule has 1 aliphatic heterocycles. The van der Waals surface area contributed by atoms with Crippen molar-refractivity contribution in [3.05, 3.63) is 47.3 Å². The molecule has 1 saturated heterocycles. The Morgan fingerprint density at radius 2 is 1.97 bits per heavy atom. The summed E-state index contributed by atoms with van der Waals surface area (Å²) < 4.78 is 97.5. The average Bonchev–Trinajstić information content (AvgIpc) is 3.33. The van der Waals surface area contributed by atoms with Gasteiger partial charge in [0.1, 0.15) is 27.4 Å². The Balaban J connectivity index is 1.74. The van der Waals surface area contributed by atoms with Gasteiger partial charge in [-0.1, -0.05) is 0 Å². The maximum absolute atomic E-state index is 15.0.